The van der Waals surface area contributed by atoms with Gasteiger partial charge in [0.1, 0.15) is 6.33 Å². The summed E-state index contributed by atoms with van der Waals surface area (Å²) >= 11 is 0. The van der Waals surface area contributed by atoms with E-state index in [0.717, 1.165) is 0 Å². The second-order valence-electron chi connectivity index (χ2n) is 4.77. The molecule has 1 N–H and O–H groups in total. The van der Waals surface area contributed by atoms with Crippen LogP contribution in [0.4, 0.5) is 5.69 Å². The first-order valence-electron chi connectivity index (χ1n) is 7.05. The largest absolute Gasteiger partial charge is 0.462 e. The van der Waals surface area contributed by atoms with E-state index in [1.807, 2.05) is 0 Å². The molecule has 23 heavy (non-hydrogen) atoms. The molecule has 116 valence electrons. The molecule has 0 aliphatic carbocycles. The number of amides is 1. The highest BCUT2D eigenvalue weighted by Gasteiger charge is 2.09. The lowest BCUT2D eigenvalue weighted by Gasteiger charge is -2.07. The monoisotopic (exact) mass is 310 g/mol. The summed E-state index contributed by atoms with van der Waals surface area (Å²) in [5.41, 5.74) is 2.18. The summed E-state index contributed by atoms with van der Waals surface area (Å²) in [5.74, 6) is -0.645. The smallest absolute Gasteiger partial charge is 0.338 e. The van der Waals surface area contributed by atoms with E-state index in [-0.39, 0.29) is 11.9 Å². The van der Waals surface area contributed by atoms with Gasteiger partial charge in [-0.05, 0) is 43.3 Å². The Morgan fingerprint density at radius 1 is 1.13 bits per heavy atom. The van der Waals surface area contributed by atoms with Crippen molar-refractivity contribution in [2.24, 2.45) is 0 Å². The van der Waals surface area contributed by atoms with Crippen molar-refractivity contribution in [1.82, 2.24) is 14.6 Å². The number of pyridine rings is 1. The van der Waals surface area contributed by atoms with Crippen LogP contribution in [0.5, 0.6) is 0 Å². The SMILES string of the molecule is CCOC(=O)c1ccc(NC(=O)c2ccc3nncn3c2)cc1. The Kier molecular flexibility index (Phi) is 4.01. The van der Waals surface area contributed by atoms with Gasteiger partial charge in [-0.2, -0.15) is 0 Å². The summed E-state index contributed by atoms with van der Waals surface area (Å²) in [6, 6.07) is 9.91. The van der Waals surface area contributed by atoms with E-state index >= 15 is 0 Å². The minimum absolute atomic E-state index is 0.260. The molecule has 0 saturated carbocycles. The Hall–Kier alpha value is -3.22. The van der Waals surface area contributed by atoms with Crippen LogP contribution in [-0.2, 0) is 4.74 Å². The molecule has 0 radical (unpaired) electrons. The number of hydrogen-bond donors (Lipinski definition) is 1. The van der Waals surface area contributed by atoms with Gasteiger partial charge in [-0.3, -0.25) is 9.20 Å². The van der Waals surface area contributed by atoms with Gasteiger partial charge in [0.2, 0.25) is 0 Å². The average Bonchev–Trinajstić information content (AvgIpc) is 3.03. The van der Waals surface area contributed by atoms with Gasteiger partial charge >= 0.3 is 5.97 Å². The Bertz CT molecular complexity index is 855. The fourth-order valence-electron chi connectivity index (χ4n) is 2.07. The van der Waals surface area contributed by atoms with Crippen LogP contribution in [0, 0.1) is 0 Å². The lowest BCUT2D eigenvalue weighted by Crippen LogP contribution is -2.13. The third kappa shape index (κ3) is 3.18. The Labute approximate surface area is 131 Å². The second-order valence-corrected chi connectivity index (χ2v) is 4.77. The number of fused-ring (bicyclic) bond motifs is 1. The zero-order valence-corrected chi connectivity index (χ0v) is 12.4. The average molecular weight is 310 g/mol. The molecule has 0 aliphatic rings. The molecule has 1 aromatic carbocycles. The molecule has 7 heteroatoms. The third-order valence-corrected chi connectivity index (χ3v) is 3.21. The Balaban J connectivity index is 1.73. The van der Waals surface area contributed by atoms with Crippen LogP contribution in [0.1, 0.15) is 27.6 Å². The summed E-state index contributed by atoms with van der Waals surface area (Å²) in [7, 11) is 0. The van der Waals surface area contributed by atoms with E-state index in [2.05, 4.69) is 15.5 Å². The van der Waals surface area contributed by atoms with Gasteiger partial charge in [0.15, 0.2) is 5.65 Å². The van der Waals surface area contributed by atoms with Crippen molar-refractivity contribution in [3.05, 3.63) is 60.0 Å². The van der Waals surface area contributed by atoms with Crippen LogP contribution in [0.2, 0.25) is 0 Å². The minimum atomic E-state index is -0.386. The van der Waals surface area contributed by atoms with Gasteiger partial charge in [-0.25, -0.2) is 4.79 Å². The van der Waals surface area contributed by atoms with Crippen molar-refractivity contribution in [2.45, 2.75) is 6.92 Å². The van der Waals surface area contributed by atoms with Crippen LogP contribution in [0.3, 0.4) is 0 Å². The number of rotatable bonds is 4. The number of nitrogens with one attached hydrogen (secondary N) is 1. The number of hydrogen-bond acceptors (Lipinski definition) is 5. The van der Waals surface area contributed by atoms with Gasteiger partial charge < -0.3 is 10.1 Å². The molecule has 0 bridgehead atoms. The van der Waals surface area contributed by atoms with Crippen molar-refractivity contribution < 1.29 is 14.3 Å². The quantitative estimate of drug-likeness (QED) is 0.746. The minimum Gasteiger partial charge on any atom is -0.462 e. The maximum Gasteiger partial charge on any atom is 0.338 e. The highest BCUT2D eigenvalue weighted by molar-refractivity contribution is 6.04. The lowest BCUT2D eigenvalue weighted by molar-refractivity contribution is 0.0526. The number of aromatic nitrogens is 3. The molecule has 1 amide bonds. The molecule has 3 aromatic rings. The fraction of sp³-hybridized carbons (Fsp3) is 0.125. The normalized spacial score (nSPS) is 10.5. The molecule has 3 rings (SSSR count). The van der Waals surface area contributed by atoms with Crippen LogP contribution in [-0.4, -0.2) is 33.1 Å². The van der Waals surface area contributed by atoms with E-state index in [0.29, 0.717) is 29.1 Å². The van der Waals surface area contributed by atoms with Gasteiger partial charge in [-0.15, -0.1) is 10.2 Å². The first-order chi connectivity index (χ1) is 11.2. The van der Waals surface area contributed by atoms with E-state index in [4.69, 9.17) is 4.74 Å². The van der Waals surface area contributed by atoms with Gasteiger partial charge in [0.25, 0.3) is 5.91 Å². The fourth-order valence-corrected chi connectivity index (χ4v) is 2.07. The van der Waals surface area contributed by atoms with E-state index in [9.17, 15) is 9.59 Å². The molecular formula is C16H14N4O3. The van der Waals surface area contributed by atoms with E-state index in [1.54, 1.807) is 53.9 Å². The summed E-state index contributed by atoms with van der Waals surface area (Å²) in [6.07, 6.45) is 3.18. The van der Waals surface area contributed by atoms with Crippen molar-refractivity contribution in [2.75, 3.05) is 11.9 Å². The van der Waals surface area contributed by atoms with Crippen molar-refractivity contribution in [1.29, 1.82) is 0 Å². The molecular weight excluding hydrogens is 296 g/mol. The number of esters is 1. The van der Waals surface area contributed by atoms with Crippen molar-refractivity contribution >= 4 is 23.2 Å². The highest BCUT2D eigenvalue weighted by Crippen LogP contribution is 2.13. The predicted molar refractivity (Wildman–Crippen MR) is 83.3 cm³/mol. The highest BCUT2D eigenvalue weighted by atomic mass is 16.5. The molecule has 0 atom stereocenters. The number of nitrogens with zero attached hydrogens (tertiary/aromatic N) is 3. The molecule has 0 saturated heterocycles. The summed E-state index contributed by atoms with van der Waals surface area (Å²) in [6.45, 7) is 2.07. The standard InChI is InChI=1S/C16H14N4O3/c1-2-23-16(22)11-3-6-13(7-4-11)18-15(21)12-5-8-14-19-17-10-20(14)9-12/h3-10H,2H2,1H3,(H,18,21). The summed E-state index contributed by atoms with van der Waals surface area (Å²) in [5, 5.41) is 10.4. The van der Waals surface area contributed by atoms with E-state index in [1.165, 1.54) is 6.33 Å². The molecule has 0 unspecified atom stereocenters. The van der Waals surface area contributed by atoms with Crippen LogP contribution < -0.4 is 5.32 Å². The number of carbonyl (C=O) groups excluding carboxylic acids is 2. The third-order valence-electron chi connectivity index (χ3n) is 3.21. The first kappa shape index (κ1) is 14.7. The zero-order chi connectivity index (χ0) is 16.2. The maximum absolute atomic E-state index is 12.2. The summed E-state index contributed by atoms with van der Waals surface area (Å²) in [4.78, 5) is 23.8. The van der Waals surface area contributed by atoms with Crippen molar-refractivity contribution in [3.63, 3.8) is 0 Å². The second kappa shape index (κ2) is 6.27. The summed E-state index contributed by atoms with van der Waals surface area (Å²) < 4.78 is 6.58. The van der Waals surface area contributed by atoms with Crippen LogP contribution in [0.15, 0.2) is 48.9 Å². The molecule has 0 aliphatic heterocycles. The van der Waals surface area contributed by atoms with E-state index < -0.39 is 0 Å². The number of benzene rings is 1. The maximum atomic E-state index is 12.2. The number of ether oxygens (including phenoxy) is 1. The van der Waals surface area contributed by atoms with Crippen LogP contribution in [0.25, 0.3) is 5.65 Å². The lowest BCUT2D eigenvalue weighted by atomic mass is 10.2. The first-order valence-corrected chi connectivity index (χ1v) is 7.05. The topological polar surface area (TPSA) is 85.6 Å². The number of anilines is 1. The molecule has 0 spiro atoms. The van der Waals surface area contributed by atoms with Crippen molar-refractivity contribution in [3.8, 4) is 0 Å². The molecule has 7 nitrogen and oxygen atoms in total. The van der Waals surface area contributed by atoms with Gasteiger partial charge in [-0.1, -0.05) is 0 Å². The van der Waals surface area contributed by atoms with Gasteiger partial charge in [0.05, 0.1) is 17.7 Å². The Morgan fingerprint density at radius 2 is 1.87 bits per heavy atom. The molecule has 2 aromatic heterocycles. The molecule has 0 fully saturated rings. The predicted octanol–water partition coefficient (Wildman–Crippen LogP) is 2.16. The zero-order valence-electron chi connectivity index (χ0n) is 12.4. The van der Waals surface area contributed by atoms with Gasteiger partial charge in [0, 0.05) is 11.9 Å². The number of carbonyl (C=O) groups is 2. The Morgan fingerprint density at radius 3 is 2.61 bits per heavy atom. The van der Waals surface area contributed by atoms with Crippen LogP contribution >= 0.6 is 0 Å². The molecule has 2 heterocycles.